The second-order valence-electron chi connectivity index (χ2n) is 5.71. The highest BCUT2D eigenvalue weighted by Crippen LogP contribution is 2.18. The number of benzene rings is 1. The zero-order valence-electron chi connectivity index (χ0n) is 13.6. The Bertz CT molecular complexity index is 670. The topological polar surface area (TPSA) is 45.7 Å². The van der Waals surface area contributed by atoms with Gasteiger partial charge in [-0.25, -0.2) is 4.98 Å². The highest BCUT2D eigenvalue weighted by molar-refractivity contribution is 6.30. The summed E-state index contributed by atoms with van der Waals surface area (Å²) < 4.78 is 5.72. The van der Waals surface area contributed by atoms with Crippen molar-refractivity contribution in [3.8, 4) is 5.75 Å². The maximum Gasteiger partial charge on any atom is 0.263 e. The molecule has 1 amide bonds. The fourth-order valence-corrected chi connectivity index (χ4v) is 2.85. The first-order valence-corrected chi connectivity index (χ1v) is 8.38. The number of hydrogen-bond acceptors (Lipinski definition) is 4. The molecule has 6 heteroatoms. The molecule has 0 saturated carbocycles. The third-order valence-corrected chi connectivity index (χ3v) is 4.29. The maximum atomic E-state index is 12.6. The van der Waals surface area contributed by atoms with Crippen LogP contribution in [-0.4, -0.2) is 48.1 Å². The van der Waals surface area contributed by atoms with Gasteiger partial charge in [-0.1, -0.05) is 17.7 Å². The van der Waals surface area contributed by atoms with Gasteiger partial charge in [0.25, 0.3) is 5.91 Å². The van der Waals surface area contributed by atoms with Crippen molar-refractivity contribution in [2.24, 2.45) is 0 Å². The van der Waals surface area contributed by atoms with Crippen LogP contribution in [0.15, 0.2) is 48.7 Å². The van der Waals surface area contributed by atoms with Gasteiger partial charge in [0.1, 0.15) is 11.6 Å². The molecule has 2 heterocycles. The number of amides is 1. The average molecular weight is 346 g/mol. The van der Waals surface area contributed by atoms with Crippen LogP contribution >= 0.6 is 11.6 Å². The molecular weight excluding hydrogens is 326 g/mol. The van der Waals surface area contributed by atoms with Crippen LogP contribution in [0, 0.1) is 0 Å². The van der Waals surface area contributed by atoms with E-state index in [-0.39, 0.29) is 5.91 Å². The third kappa shape index (κ3) is 3.97. The molecule has 3 rings (SSSR count). The predicted octanol–water partition coefficient (Wildman–Crippen LogP) is 2.85. The van der Waals surface area contributed by atoms with Crippen molar-refractivity contribution in [2.45, 2.75) is 13.0 Å². The van der Waals surface area contributed by atoms with Gasteiger partial charge in [0.15, 0.2) is 6.10 Å². The number of rotatable bonds is 4. The van der Waals surface area contributed by atoms with E-state index in [1.165, 1.54) is 0 Å². The molecule has 126 valence electrons. The minimum atomic E-state index is -0.521. The number of carbonyl (C=O) groups is 1. The Balaban J connectivity index is 1.53. The van der Waals surface area contributed by atoms with Crippen LogP contribution in [0.3, 0.4) is 0 Å². The number of ether oxygens (including phenoxy) is 1. The number of anilines is 1. The predicted molar refractivity (Wildman–Crippen MR) is 94.6 cm³/mol. The Morgan fingerprint density at radius 1 is 1.12 bits per heavy atom. The van der Waals surface area contributed by atoms with Crippen molar-refractivity contribution in [1.82, 2.24) is 9.88 Å². The van der Waals surface area contributed by atoms with E-state index in [1.54, 1.807) is 37.4 Å². The minimum absolute atomic E-state index is 0.00520. The molecule has 0 bridgehead atoms. The van der Waals surface area contributed by atoms with Gasteiger partial charge in [-0.3, -0.25) is 4.79 Å². The van der Waals surface area contributed by atoms with Gasteiger partial charge in [-0.2, -0.15) is 0 Å². The largest absolute Gasteiger partial charge is 0.481 e. The summed E-state index contributed by atoms with van der Waals surface area (Å²) in [5.41, 5.74) is 0. The lowest BCUT2D eigenvalue weighted by molar-refractivity contribution is -0.138. The quantitative estimate of drug-likeness (QED) is 0.854. The summed E-state index contributed by atoms with van der Waals surface area (Å²) in [6.45, 7) is 4.67. The molecule has 1 atom stereocenters. The second kappa shape index (κ2) is 7.53. The molecule has 1 saturated heterocycles. The molecule has 1 fully saturated rings. The summed E-state index contributed by atoms with van der Waals surface area (Å²) in [6.07, 6.45) is 1.27. The smallest absolute Gasteiger partial charge is 0.263 e. The fraction of sp³-hybridized carbons (Fsp3) is 0.333. The number of halogens is 1. The summed E-state index contributed by atoms with van der Waals surface area (Å²) in [5, 5.41) is 0.645. The van der Waals surface area contributed by atoms with Crippen LogP contribution < -0.4 is 9.64 Å². The van der Waals surface area contributed by atoms with Gasteiger partial charge >= 0.3 is 0 Å². The standard InChI is InChI=1S/C18H20ClN3O2/c1-14(24-16-7-5-15(19)6-8-16)18(23)22-12-10-21(11-13-22)17-4-2-3-9-20-17/h2-9,14H,10-13H2,1H3. The van der Waals surface area contributed by atoms with Crippen molar-refractivity contribution in [3.63, 3.8) is 0 Å². The zero-order valence-corrected chi connectivity index (χ0v) is 14.3. The van der Waals surface area contributed by atoms with Crippen LogP contribution in [0.1, 0.15) is 6.92 Å². The fourth-order valence-electron chi connectivity index (χ4n) is 2.72. The van der Waals surface area contributed by atoms with Crippen LogP contribution in [-0.2, 0) is 4.79 Å². The Hall–Kier alpha value is -2.27. The average Bonchev–Trinajstić information content (AvgIpc) is 2.64. The van der Waals surface area contributed by atoms with Gasteiger partial charge in [0.05, 0.1) is 0 Å². The van der Waals surface area contributed by atoms with E-state index in [2.05, 4.69) is 9.88 Å². The minimum Gasteiger partial charge on any atom is -0.481 e. The number of pyridine rings is 1. The van der Waals surface area contributed by atoms with Gasteiger partial charge in [0, 0.05) is 37.4 Å². The molecule has 0 N–H and O–H groups in total. The number of piperazine rings is 1. The lowest BCUT2D eigenvalue weighted by atomic mass is 10.2. The summed E-state index contributed by atoms with van der Waals surface area (Å²) in [4.78, 5) is 20.9. The van der Waals surface area contributed by atoms with E-state index in [1.807, 2.05) is 23.1 Å². The van der Waals surface area contributed by atoms with Crippen molar-refractivity contribution in [3.05, 3.63) is 53.7 Å². The van der Waals surface area contributed by atoms with Gasteiger partial charge in [0.2, 0.25) is 0 Å². The highest BCUT2D eigenvalue weighted by atomic mass is 35.5. The Morgan fingerprint density at radius 3 is 2.46 bits per heavy atom. The SMILES string of the molecule is CC(Oc1ccc(Cl)cc1)C(=O)N1CCN(c2ccccn2)CC1. The van der Waals surface area contributed by atoms with Crippen LogP contribution in [0.2, 0.25) is 5.02 Å². The Kier molecular flexibility index (Phi) is 5.20. The van der Waals surface area contributed by atoms with E-state index in [9.17, 15) is 4.79 Å². The summed E-state index contributed by atoms with van der Waals surface area (Å²) >= 11 is 5.86. The molecule has 24 heavy (non-hydrogen) atoms. The maximum absolute atomic E-state index is 12.6. The van der Waals surface area contributed by atoms with Crippen molar-refractivity contribution in [2.75, 3.05) is 31.1 Å². The first-order chi connectivity index (χ1) is 11.6. The van der Waals surface area contributed by atoms with Crippen molar-refractivity contribution >= 4 is 23.3 Å². The number of aromatic nitrogens is 1. The monoisotopic (exact) mass is 345 g/mol. The Labute approximate surface area is 146 Å². The normalized spacial score (nSPS) is 15.9. The lowest BCUT2D eigenvalue weighted by Gasteiger charge is -2.36. The van der Waals surface area contributed by atoms with Crippen LogP contribution in [0.25, 0.3) is 0 Å². The summed E-state index contributed by atoms with van der Waals surface area (Å²) in [7, 11) is 0. The molecule has 2 aromatic rings. The van der Waals surface area contributed by atoms with E-state index < -0.39 is 6.10 Å². The van der Waals surface area contributed by atoms with Crippen LogP contribution in [0.4, 0.5) is 5.82 Å². The third-order valence-electron chi connectivity index (χ3n) is 4.04. The highest BCUT2D eigenvalue weighted by Gasteiger charge is 2.26. The molecule has 1 aliphatic heterocycles. The second-order valence-corrected chi connectivity index (χ2v) is 6.15. The van der Waals surface area contributed by atoms with E-state index in [0.29, 0.717) is 23.9 Å². The first-order valence-electron chi connectivity index (χ1n) is 8.00. The lowest BCUT2D eigenvalue weighted by Crippen LogP contribution is -2.52. The molecule has 1 aromatic heterocycles. The number of carbonyl (C=O) groups excluding carboxylic acids is 1. The molecular formula is C18H20ClN3O2. The van der Waals surface area contributed by atoms with E-state index in [0.717, 1.165) is 18.9 Å². The molecule has 0 radical (unpaired) electrons. The Morgan fingerprint density at radius 2 is 1.83 bits per heavy atom. The van der Waals surface area contributed by atoms with Gasteiger partial charge in [-0.05, 0) is 43.3 Å². The number of nitrogens with zero attached hydrogens (tertiary/aromatic N) is 3. The van der Waals surface area contributed by atoms with E-state index >= 15 is 0 Å². The number of hydrogen-bond donors (Lipinski definition) is 0. The molecule has 1 unspecified atom stereocenters. The van der Waals surface area contributed by atoms with Gasteiger partial charge < -0.3 is 14.5 Å². The molecule has 0 spiro atoms. The summed E-state index contributed by atoms with van der Waals surface area (Å²) in [6, 6.07) is 12.9. The van der Waals surface area contributed by atoms with Crippen LogP contribution in [0.5, 0.6) is 5.75 Å². The van der Waals surface area contributed by atoms with Crippen molar-refractivity contribution < 1.29 is 9.53 Å². The first kappa shape index (κ1) is 16.6. The molecule has 5 nitrogen and oxygen atoms in total. The summed E-state index contributed by atoms with van der Waals surface area (Å²) in [5.74, 6) is 1.60. The van der Waals surface area contributed by atoms with Crippen molar-refractivity contribution in [1.29, 1.82) is 0 Å². The van der Waals surface area contributed by atoms with E-state index in [4.69, 9.17) is 16.3 Å². The molecule has 1 aliphatic rings. The van der Waals surface area contributed by atoms with Gasteiger partial charge in [-0.15, -0.1) is 0 Å². The molecule has 0 aliphatic carbocycles. The zero-order chi connectivity index (χ0) is 16.9. The molecule has 1 aromatic carbocycles.